The molecule has 3 N–H and O–H groups in total. The molecule has 0 aliphatic rings. The van der Waals surface area contributed by atoms with Crippen LogP contribution in [-0.2, 0) is 4.79 Å². The lowest BCUT2D eigenvalue weighted by Gasteiger charge is -2.18. The Labute approximate surface area is 113 Å². The van der Waals surface area contributed by atoms with E-state index in [0.717, 1.165) is 0 Å². The van der Waals surface area contributed by atoms with Crippen LogP contribution in [0, 0.1) is 5.82 Å². The molecular formula is C14H21FN2O2. The van der Waals surface area contributed by atoms with Gasteiger partial charge in [-0.2, -0.15) is 0 Å². The summed E-state index contributed by atoms with van der Waals surface area (Å²) in [6.45, 7) is 4.42. The number of halogens is 1. The molecule has 1 aromatic rings. The van der Waals surface area contributed by atoms with Gasteiger partial charge in [0, 0.05) is 18.5 Å². The predicted octanol–water partition coefficient (Wildman–Crippen LogP) is 1.84. The first kappa shape index (κ1) is 15.4. The van der Waals surface area contributed by atoms with Gasteiger partial charge < -0.3 is 15.8 Å². The monoisotopic (exact) mass is 268 g/mol. The van der Waals surface area contributed by atoms with Crippen LogP contribution in [0.1, 0.15) is 26.7 Å². The average Bonchev–Trinajstić information content (AvgIpc) is 2.33. The SMILES string of the molecule is CC(C)(N)CNC(=O)CCCOc1ccccc1F. The molecule has 0 aliphatic heterocycles. The molecule has 0 fully saturated rings. The Kier molecular flexibility index (Phi) is 5.76. The third-order valence-electron chi connectivity index (χ3n) is 2.38. The fraction of sp³-hybridized carbons (Fsp3) is 0.500. The first-order chi connectivity index (χ1) is 8.88. The van der Waals surface area contributed by atoms with E-state index in [-0.39, 0.29) is 11.7 Å². The fourth-order valence-electron chi connectivity index (χ4n) is 1.39. The van der Waals surface area contributed by atoms with E-state index in [1.807, 2.05) is 13.8 Å². The van der Waals surface area contributed by atoms with Crippen molar-refractivity contribution in [2.75, 3.05) is 13.2 Å². The first-order valence-electron chi connectivity index (χ1n) is 6.31. The van der Waals surface area contributed by atoms with Crippen LogP contribution in [0.25, 0.3) is 0 Å². The van der Waals surface area contributed by atoms with E-state index in [1.165, 1.54) is 6.07 Å². The van der Waals surface area contributed by atoms with Crippen LogP contribution in [0.4, 0.5) is 4.39 Å². The van der Waals surface area contributed by atoms with Gasteiger partial charge in [-0.1, -0.05) is 12.1 Å². The maximum atomic E-state index is 13.2. The van der Waals surface area contributed by atoms with Crippen LogP contribution < -0.4 is 15.8 Å². The van der Waals surface area contributed by atoms with Gasteiger partial charge in [0.05, 0.1) is 6.61 Å². The van der Waals surface area contributed by atoms with Crippen molar-refractivity contribution in [1.29, 1.82) is 0 Å². The maximum Gasteiger partial charge on any atom is 0.220 e. The summed E-state index contributed by atoms with van der Waals surface area (Å²) in [5, 5.41) is 2.74. The Balaban J connectivity index is 2.17. The summed E-state index contributed by atoms with van der Waals surface area (Å²) in [5.41, 5.74) is 5.33. The number of hydrogen-bond acceptors (Lipinski definition) is 3. The molecule has 0 saturated heterocycles. The first-order valence-corrected chi connectivity index (χ1v) is 6.31. The average molecular weight is 268 g/mol. The predicted molar refractivity (Wildman–Crippen MR) is 72.4 cm³/mol. The number of nitrogens with one attached hydrogen (secondary N) is 1. The van der Waals surface area contributed by atoms with Crippen molar-refractivity contribution in [2.45, 2.75) is 32.2 Å². The topological polar surface area (TPSA) is 64.3 Å². The van der Waals surface area contributed by atoms with Gasteiger partial charge in [0.25, 0.3) is 0 Å². The Hall–Kier alpha value is -1.62. The Morgan fingerprint density at radius 1 is 1.42 bits per heavy atom. The van der Waals surface area contributed by atoms with Crippen molar-refractivity contribution in [1.82, 2.24) is 5.32 Å². The molecule has 1 aromatic carbocycles. The highest BCUT2D eigenvalue weighted by molar-refractivity contribution is 5.75. The number of benzene rings is 1. The van der Waals surface area contributed by atoms with Gasteiger partial charge in [-0.3, -0.25) is 4.79 Å². The van der Waals surface area contributed by atoms with E-state index in [1.54, 1.807) is 18.2 Å². The standard InChI is InChI=1S/C14H21FN2O2/c1-14(2,16)10-17-13(18)8-5-9-19-12-7-4-3-6-11(12)15/h3-4,6-7H,5,8-10,16H2,1-2H3,(H,17,18). The Morgan fingerprint density at radius 2 is 2.11 bits per heavy atom. The van der Waals surface area contributed by atoms with E-state index >= 15 is 0 Å². The number of ether oxygens (including phenoxy) is 1. The largest absolute Gasteiger partial charge is 0.491 e. The van der Waals surface area contributed by atoms with E-state index < -0.39 is 11.4 Å². The summed E-state index contributed by atoms with van der Waals surface area (Å²) < 4.78 is 18.5. The highest BCUT2D eigenvalue weighted by atomic mass is 19.1. The summed E-state index contributed by atoms with van der Waals surface area (Å²) in [7, 11) is 0. The van der Waals surface area contributed by atoms with Crippen LogP contribution >= 0.6 is 0 Å². The van der Waals surface area contributed by atoms with Crippen molar-refractivity contribution >= 4 is 5.91 Å². The molecule has 0 heterocycles. The van der Waals surface area contributed by atoms with Gasteiger partial charge >= 0.3 is 0 Å². The number of rotatable bonds is 7. The number of nitrogens with two attached hydrogens (primary N) is 1. The van der Waals surface area contributed by atoms with Crippen LogP contribution in [-0.4, -0.2) is 24.6 Å². The highest BCUT2D eigenvalue weighted by Gasteiger charge is 2.11. The van der Waals surface area contributed by atoms with Gasteiger partial charge in [-0.05, 0) is 32.4 Å². The van der Waals surface area contributed by atoms with Crippen LogP contribution in [0.2, 0.25) is 0 Å². The minimum Gasteiger partial charge on any atom is -0.491 e. The number of hydrogen-bond donors (Lipinski definition) is 2. The summed E-state index contributed by atoms with van der Waals surface area (Å²) in [6, 6.07) is 6.20. The Morgan fingerprint density at radius 3 is 2.74 bits per heavy atom. The van der Waals surface area contributed by atoms with Crippen LogP contribution in [0.3, 0.4) is 0 Å². The zero-order chi connectivity index (χ0) is 14.3. The van der Waals surface area contributed by atoms with Gasteiger partial charge in [0.1, 0.15) is 0 Å². The lowest BCUT2D eigenvalue weighted by molar-refractivity contribution is -0.121. The molecule has 0 aromatic heterocycles. The normalized spacial score (nSPS) is 11.2. The van der Waals surface area contributed by atoms with Crippen molar-refractivity contribution in [3.8, 4) is 5.75 Å². The highest BCUT2D eigenvalue weighted by Crippen LogP contribution is 2.15. The quantitative estimate of drug-likeness (QED) is 0.742. The number of amides is 1. The molecule has 5 heteroatoms. The van der Waals surface area contributed by atoms with Gasteiger partial charge in [-0.25, -0.2) is 4.39 Å². The summed E-state index contributed by atoms with van der Waals surface area (Å²) in [6.07, 6.45) is 0.871. The molecule has 0 spiro atoms. The summed E-state index contributed by atoms with van der Waals surface area (Å²) in [5.74, 6) is -0.251. The molecule has 0 radical (unpaired) electrons. The minimum absolute atomic E-state index is 0.0735. The maximum absolute atomic E-state index is 13.2. The second-order valence-corrected chi connectivity index (χ2v) is 5.15. The van der Waals surface area contributed by atoms with E-state index in [4.69, 9.17) is 10.5 Å². The number of carbonyl (C=O) groups excluding carboxylic acids is 1. The lowest BCUT2D eigenvalue weighted by Crippen LogP contribution is -2.45. The van der Waals surface area contributed by atoms with E-state index in [9.17, 15) is 9.18 Å². The molecule has 4 nitrogen and oxygen atoms in total. The van der Waals surface area contributed by atoms with Crippen molar-refractivity contribution in [3.63, 3.8) is 0 Å². The second kappa shape index (κ2) is 7.09. The van der Waals surface area contributed by atoms with Crippen molar-refractivity contribution in [3.05, 3.63) is 30.1 Å². The zero-order valence-corrected chi connectivity index (χ0v) is 11.4. The molecule has 1 rings (SSSR count). The van der Waals surface area contributed by atoms with Gasteiger partial charge in [0.2, 0.25) is 5.91 Å². The van der Waals surface area contributed by atoms with Crippen molar-refractivity contribution in [2.24, 2.45) is 5.73 Å². The molecule has 106 valence electrons. The number of carbonyl (C=O) groups is 1. The third-order valence-corrected chi connectivity index (χ3v) is 2.38. The molecule has 1 amide bonds. The summed E-state index contributed by atoms with van der Waals surface area (Å²) in [4.78, 5) is 11.5. The summed E-state index contributed by atoms with van der Waals surface area (Å²) >= 11 is 0. The second-order valence-electron chi connectivity index (χ2n) is 5.15. The van der Waals surface area contributed by atoms with E-state index in [0.29, 0.717) is 26.0 Å². The molecule has 19 heavy (non-hydrogen) atoms. The van der Waals surface area contributed by atoms with Crippen molar-refractivity contribution < 1.29 is 13.9 Å². The zero-order valence-electron chi connectivity index (χ0n) is 11.4. The van der Waals surface area contributed by atoms with E-state index in [2.05, 4.69) is 5.32 Å². The smallest absolute Gasteiger partial charge is 0.220 e. The third kappa shape index (κ3) is 6.76. The molecule has 0 bridgehead atoms. The molecule has 0 aliphatic carbocycles. The number of para-hydroxylation sites is 1. The molecule has 0 unspecified atom stereocenters. The van der Waals surface area contributed by atoms with Gasteiger partial charge in [-0.15, -0.1) is 0 Å². The molecule has 0 atom stereocenters. The molecule has 0 saturated carbocycles. The fourth-order valence-corrected chi connectivity index (χ4v) is 1.39. The van der Waals surface area contributed by atoms with Gasteiger partial charge in [0.15, 0.2) is 11.6 Å². The van der Waals surface area contributed by atoms with Crippen LogP contribution in [0.5, 0.6) is 5.75 Å². The minimum atomic E-state index is -0.417. The lowest BCUT2D eigenvalue weighted by atomic mass is 10.1. The van der Waals surface area contributed by atoms with Crippen LogP contribution in [0.15, 0.2) is 24.3 Å². The molecular weight excluding hydrogens is 247 g/mol. The Bertz CT molecular complexity index is 416.